The van der Waals surface area contributed by atoms with Gasteiger partial charge in [0.1, 0.15) is 0 Å². The highest BCUT2D eigenvalue weighted by molar-refractivity contribution is 14.0. The predicted molar refractivity (Wildman–Crippen MR) is 126 cm³/mol. The monoisotopic (exact) mass is 508 g/mol. The number of rotatable bonds is 13. The number of guanidine groups is 1. The van der Waals surface area contributed by atoms with E-state index in [0.717, 1.165) is 62.1 Å². The van der Waals surface area contributed by atoms with Crippen LogP contribution in [0.3, 0.4) is 0 Å². The molecule has 0 aliphatic carbocycles. The van der Waals surface area contributed by atoms with Gasteiger partial charge in [0.15, 0.2) is 17.5 Å². The fourth-order valence-electron chi connectivity index (χ4n) is 2.52. The number of nitrogens with zero attached hydrogens (tertiary/aromatic N) is 2. The standard InChI is InChI=1S/C20H36N4O3.HI/c1-6-13-27-18-9-8-17(15-19(18)26-5)16-23-20(21-2)22-10-12-24(3)11-7-14-25-4;/h8-9,15H,6-7,10-14,16H2,1-5H3,(H2,21,22,23);1H. The average molecular weight is 508 g/mol. The van der Waals surface area contributed by atoms with Crippen LogP contribution in [0.2, 0.25) is 0 Å². The Morgan fingerprint density at radius 2 is 1.89 bits per heavy atom. The van der Waals surface area contributed by atoms with E-state index in [-0.39, 0.29) is 24.0 Å². The summed E-state index contributed by atoms with van der Waals surface area (Å²) in [5.74, 6) is 2.32. The summed E-state index contributed by atoms with van der Waals surface area (Å²) in [6.07, 6.45) is 2.01. The molecule has 0 amide bonds. The van der Waals surface area contributed by atoms with E-state index in [1.165, 1.54) is 0 Å². The molecule has 0 bridgehead atoms. The van der Waals surface area contributed by atoms with Gasteiger partial charge in [-0.2, -0.15) is 0 Å². The van der Waals surface area contributed by atoms with Gasteiger partial charge in [-0.1, -0.05) is 13.0 Å². The summed E-state index contributed by atoms with van der Waals surface area (Å²) in [6, 6.07) is 5.99. The van der Waals surface area contributed by atoms with Gasteiger partial charge in [0, 0.05) is 46.9 Å². The predicted octanol–water partition coefficient (Wildman–Crippen LogP) is 2.74. The Balaban J connectivity index is 0.00000729. The van der Waals surface area contributed by atoms with Gasteiger partial charge in [0.25, 0.3) is 0 Å². The Kier molecular flexibility index (Phi) is 15.9. The van der Waals surface area contributed by atoms with Gasteiger partial charge in [-0.05, 0) is 37.6 Å². The van der Waals surface area contributed by atoms with Crippen molar-refractivity contribution in [2.75, 3.05) is 61.2 Å². The van der Waals surface area contributed by atoms with Crippen molar-refractivity contribution in [1.29, 1.82) is 0 Å². The number of nitrogens with one attached hydrogen (secondary N) is 2. The Morgan fingerprint density at radius 3 is 2.54 bits per heavy atom. The second-order valence-electron chi connectivity index (χ2n) is 6.34. The smallest absolute Gasteiger partial charge is 0.191 e. The maximum Gasteiger partial charge on any atom is 0.191 e. The first-order valence-electron chi connectivity index (χ1n) is 9.56. The number of ether oxygens (including phenoxy) is 3. The highest BCUT2D eigenvalue weighted by Gasteiger charge is 2.06. The topological polar surface area (TPSA) is 67.4 Å². The lowest BCUT2D eigenvalue weighted by atomic mass is 10.2. The number of halogens is 1. The van der Waals surface area contributed by atoms with Crippen LogP contribution in [-0.2, 0) is 11.3 Å². The molecule has 0 unspecified atom stereocenters. The zero-order valence-corrected chi connectivity index (χ0v) is 20.2. The third-order valence-electron chi connectivity index (χ3n) is 4.05. The van der Waals surface area contributed by atoms with Gasteiger partial charge < -0.3 is 29.7 Å². The van der Waals surface area contributed by atoms with E-state index in [1.807, 2.05) is 18.2 Å². The molecular formula is C20H37IN4O3. The van der Waals surface area contributed by atoms with Crippen LogP contribution >= 0.6 is 24.0 Å². The summed E-state index contributed by atoms with van der Waals surface area (Å²) in [6.45, 7) is 7.03. The molecule has 1 aromatic carbocycles. The van der Waals surface area contributed by atoms with Crippen LogP contribution in [0.4, 0.5) is 0 Å². The number of methoxy groups -OCH3 is 2. The Morgan fingerprint density at radius 1 is 1.11 bits per heavy atom. The Hall–Kier alpha value is -1.26. The lowest BCUT2D eigenvalue weighted by Gasteiger charge is -2.18. The van der Waals surface area contributed by atoms with Gasteiger partial charge >= 0.3 is 0 Å². The minimum absolute atomic E-state index is 0. The zero-order chi connectivity index (χ0) is 19.9. The second-order valence-corrected chi connectivity index (χ2v) is 6.34. The molecule has 0 aliphatic rings. The molecule has 0 fully saturated rings. The Bertz CT molecular complexity index is 558. The van der Waals surface area contributed by atoms with Gasteiger partial charge in [0.2, 0.25) is 0 Å². The molecule has 0 saturated heterocycles. The number of likely N-dealkylation sites (N-methyl/N-ethyl adjacent to an activating group) is 1. The van der Waals surface area contributed by atoms with Crippen LogP contribution < -0.4 is 20.1 Å². The Labute approximate surface area is 187 Å². The minimum atomic E-state index is 0. The maximum atomic E-state index is 5.70. The summed E-state index contributed by atoms with van der Waals surface area (Å²) < 4.78 is 16.2. The highest BCUT2D eigenvalue weighted by Crippen LogP contribution is 2.28. The fourth-order valence-corrected chi connectivity index (χ4v) is 2.52. The molecule has 7 nitrogen and oxygen atoms in total. The van der Waals surface area contributed by atoms with Crippen LogP contribution in [0.15, 0.2) is 23.2 Å². The van der Waals surface area contributed by atoms with E-state index < -0.39 is 0 Å². The molecular weight excluding hydrogens is 471 g/mol. The number of aliphatic imine (C=N–C) groups is 1. The average Bonchev–Trinajstić information content (AvgIpc) is 2.69. The van der Waals surface area contributed by atoms with Crippen molar-refractivity contribution in [2.24, 2.45) is 4.99 Å². The van der Waals surface area contributed by atoms with E-state index in [0.29, 0.717) is 13.2 Å². The summed E-state index contributed by atoms with van der Waals surface area (Å²) >= 11 is 0. The summed E-state index contributed by atoms with van der Waals surface area (Å²) in [5, 5.41) is 6.67. The normalized spacial score (nSPS) is 11.1. The minimum Gasteiger partial charge on any atom is -0.493 e. The quantitative estimate of drug-likeness (QED) is 0.185. The van der Waals surface area contributed by atoms with Gasteiger partial charge in [-0.3, -0.25) is 4.99 Å². The highest BCUT2D eigenvalue weighted by atomic mass is 127. The molecule has 28 heavy (non-hydrogen) atoms. The molecule has 1 aromatic rings. The van der Waals surface area contributed by atoms with Crippen LogP contribution in [0.1, 0.15) is 25.3 Å². The number of benzene rings is 1. The lowest BCUT2D eigenvalue weighted by molar-refractivity contribution is 0.180. The fraction of sp³-hybridized carbons (Fsp3) is 0.650. The van der Waals surface area contributed by atoms with E-state index in [4.69, 9.17) is 14.2 Å². The molecule has 2 N–H and O–H groups in total. The summed E-state index contributed by atoms with van der Waals surface area (Å²) in [5.41, 5.74) is 1.11. The summed E-state index contributed by atoms with van der Waals surface area (Å²) in [4.78, 5) is 6.55. The van der Waals surface area contributed by atoms with E-state index >= 15 is 0 Å². The van der Waals surface area contributed by atoms with E-state index in [2.05, 4.69) is 34.5 Å². The van der Waals surface area contributed by atoms with Gasteiger partial charge in [-0.25, -0.2) is 0 Å². The van der Waals surface area contributed by atoms with Crippen LogP contribution in [-0.4, -0.2) is 72.0 Å². The molecule has 1 rings (SSSR count). The van der Waals surface area contributed by atoms with Gasteiger partial charge in [-0.15, -0.1) is 24.0 Å². The molecule has 8 heteroatoms. The van der Waals surface area contributed by atoms with Crippen molar-refractivity contribution in [1.82, 2.24) is 15.5 Å². The molecule has 0 radical (unpaired) electrons. The maximum absolute atomic E-state index is 5.70. The van der Waals surface area contributed by atoms with Crippen LogP contribution in [0.5, 0.6) is 11.5 Å². The van der Waals surface area contributed by atoms with Gasteiger partial charge in [0.05, 0.1) is 13.7 Å². The SMILES string of the molecule is CCCOc1ccc(CNC(=NC)NCCN(C)CCCOC)cc1OC.I. The number of hydrogen-bond donors (Lipinski definition) is 2. The first-order valence-corrected chi connectivity index (χ1v) is 9.56. The largest absolute Gasteiger partial charge is 0.493 e. The molecule has 0 spiro atoms. The summed E-state index contributed by atoms with van der Waals surface area (Å²) in [7, 11) is 7.29. The van der Waals surface area contributed by atoms with Crippen molar-refractivity contribution in [2.45, 2.75) is 26.3 Å². The first kappa shape index (κ1) is 26.7. The van der Waals surface area contributed by atoms with Crippen LogP contribution in [0.25, 0.3) is 0 Å². The van der Waals surface area contributed by atoms with Crippen molar-refractivity contribution >= 4 is 29.9 Å². The third-order valence-corrected chi connectivity index (χ3v) is 4.05. The molecule has 0 atom stereocenters. The van der Waals surface area contributed by atoms with Crippen molar-refractivity contribution in [3.8, 4) is 11.5 Å². The van der Waals surface area contributed by atoms with Crippen LogP contribution in [0, 0.1) is 0 Å². The third kappa shape index (κ3) is 10.9. The lowest BCUT2D eigenvalue weighted by Crippen LogP contribution is -2.40. The molecule has 162 valence electrons. The van der Waals surface area contributed by atoms with E-state index in [1.54, 1.807) is 21.3 Å². The molecule has 0 aliphatic heterocycles. The zero-order valence-electron chi connectivity index (χ0n) is 17.9. The molecule has 0 aromatic heterocycles. The van der Waals surface area contributed by atoms with Crippen molar-refractivity contribution in [3.05, 3.63) is 23.8 Å². The van der Waals surface area contributed by atoms with Crippen molar-refractivity contribution < 1.29 is 14.2 Å². The van der Waals surface area contributed by atoms with E-state index in [9.17, 15) is 0 Å². The van der Waals surface area contributed by atoms with Crippen molar-refractivity contribution in [3.63, 3.8) is 0 Å². The molecule has 0 saturated carbocycles. The molecule has 0 heterocycles. The second kappa shape index (κ2) is 16.7. The first-order chi connectivity index (χ1) is 13.1. The number of hydrogen-bond acceptors (Lipinski definition) is 5.